The summed E-state index contributed by atoms with van der Waals surface area (Å²) in [5.74, 6) is -0.276. The smallest absolute Gasteiger partial charge is 0.256 e. The number of nitrogens with zero attached hydrogens (tertiary/aromatic N) is 1. The molecule has 0 unspecified atom stereocenters. The highest BCUT2D eigenvalue weighted by Crippen LogP contribution is 2.35. The number of anilines is 1. The minimum atomic E-state index is -3.86. The van der Waals surface area contributed by atoms with Gasteiger partial charge in [-0.25, -0.2) is 13.6 Å². The molecule has 8 heteroatoms. The molecule has 0 spiro atoms. The standard InChI is InChI=1S/C24H28N4O3S/c1-3-28(4-2)11-5-6-16-7-9-22-17(12-16)13-18(26-22)14-21-20-15-19(32(25,30)31)8-10-23(20)27-24(21)29/h7-10,12-15,26H,3-6,11H2,1-2H3,(H,27,29)(H2,25,30,31)/b21-14+. The van der Waals surface area contributed by atoms with Gasteiger partial charge in [0.2, 0.25) is 10.0 Å². The number of fused-ring (bicyclic) bond motifs is 2. The van der Waals surface area contributed by atoms with E-state index in [1.807, 2.05) is 6.07 Å². The van der Waals surface area contributed by atoms with Crippen LogP contribution in [0.5, 0.6) is 0 Å². The molecule has 1 aliphatic rings. The minimum Gasteiger partial charge on any atom is -0.355 e. The van der Waals surface area contributed by atoms with Crippen LogP contribution in [0.15, 0.2) is 47.4 Å². The maximum atomic E-state index is 12.5. The molecule has 4 N–H and O–H groups in total. The molecule has 168 valence electrons. The van der Waals surface area contributed by atoms with Crippen molar-refractivity contribution in [2.75, 3.05) is 25.0 Å². The second-order valence-corrected chi connectivity index (χ2v) is 9.60. The summed E-state index contributed by atoms with van der Waals surface area (Å²) in [7, 11) is -3.86. The summed E-state index contributed by atoms with van der Waals surface area (Å²) in [6.45, 7) is 7.60. The SMILES string of the molecule is CCN(CC)CCCc1ccc2[nH]c(/C=C3/C(=O)Nc4ccc(S(N)(=O)=O)cc43)cc2c1. The van der Waals surface area contributed by atoms with Gasteiger partial charge in [0, 0.05) is 27.8 Å². The lowest BCUT2D eigenvalue weighted by Crippen LogP contribution is -2.24. The summed E-state index contributed by atoms with van der Waals surface area (Å²) in [5, 5.41) is 9.10. The van der Waals surface area contributed by atoms with Crippen molar-refractivity contribution in [1.29, 1.82) is 0 Å². The third kappa shape index (κ3) is 4.62. The first-order valence-electron chi connectivity index (χ1n) is 10.8. The Bertz CT molecular complexity index is 1300. The largest absolute Gasteiger partial charge is 0.355 e. The fraction of sp³-hybridized carbons (Fsp3) is 0.292. The number of aryl methyl sites for hydroxylation is 1. The van der Waals surface area contributed by atoms with Crippen molar-refractivity contribution in [3.8, 4) is 0 Å². The third-order valence-corrected chi connectivity index (χ3v) is 6.85. The molecule has 2 heterocycles. The zero-order chi connectivity index (χ0) is 22.9. The Labute approximate surface area is 188 Å². The Morgan fingerprint density at radius 2 is 1.84 bits per heavy atom. The molecular formula is C24H28N4O3S. The molecule has 4 rings (SSSR count). The molecule has 3 aromatic rings. The van der Waals surface area contributed by atoms with Crippen molar-refractivity contribution < 1.29 is 13.2 Å². The molecule has 0 aliphatic carbocycles. The van der Waals surface area contributed by atoms with E-state index in [1.165, 1.54) is 17.7 Å². The summed E-state index contributed by atoms with van der Waals surface area (Å²) < 4.78 is 23.4. The number of rotatable bonds is 8. The first kappa shape index (κ1) is 22.3. The van der Waals surface area contributed by atoms with E-state index in [1.54, 1.807) is 12.1 Å². The van der Waals surface area contributed by atoms with Gasteiger partial charge in [-0.1, -0.05) is 19.9 Å². The van der Waals surface area contributed by atoms with Gasteiger partial charge in [0.1, 0.15) is 0 Å². The van der Waals surface area contributed by atoms with E-state index in [0.29, 0.717) is 16.8 Å². The first-order valence-corrected chi connectivity index (χ1v) is 12.4. The number of nitrogens with one attached hydrogen (secondary N) is 2. The fourth-order valence-corrected chi connectivity index (χ4v) is 4.67. The molecule has 32 heavy (non-hydrogen) atoms. The van der Waals surface area contributed by atoms with Gasteiger partial charge >= 0.3 is 0 Å². The third-order valence-electron chi connectivity index (χ3n) is 5.94. The Hall–Kier alpha value is -2.94. The van der Waals surface area contributed by atoms with Crippen LogP contribution in [0.4, 0.5) is 5.69 Å². The van der Waals surface area contributed by atoms with Gasteiger partial charge in [0.05, 0.1) is 10.5 Å². The summed E-state index contributed by atoms with van der Waals surface area (Å²) in [6, 6.07) is 12.8. The molecule has 1 amide bonds. The highest BCUT2D eigenvalue weighted by atomic mass is 32.2. The minimum absolute atomic E-state index is 0.0235. The van der Waals surface area contributed by atoms with Crippen molar-refractivity contribution in [3.63, 3.8) is 0 Å². The summed E-state index contributed by atoms with van der Waals surface area (Å²) >= 11 is 0. The predicted octanol–water partition coefficient (Wildman–Crippen LogP) is 3.58. The summed E-state index contributed by atoms with van der Waals surface area (Å²) in [5.41, 5.74) is 4.54. The number of hydrogen-bond donors (Lipinski definition) is 3. The lowest BCUT2D eigenvalue weighted by Gasteiger charge is -2.17. The van der Waals surface area contributed by atoms with E-state index in [4.69, 9.17) is 5.14 Å². The van der Waals surface area contributed by atoms with Crippen LogP contribution in [-0.4, -0.2) is 43.8 Å². The Balaban J connectivity index is 1.59. The number of sulfonamides is 1. The Morgan fingerprint density at radius 3 is 2.56 bits per heavy atom. The molecule has 1 aromatic heterocycles. The van der Waals surface area contributed by atoms with Gasteiger partial charge in [0.25, 0.3) is 5.91 Å². The predicted molar refractivity (Wildman–Crippen MR) is 129 cm³/mol. The van der Waals surface area contributed by atoms with E-state index in [0.717, 1.165) is 49.1 Å². The first-order chi connectivity index (χ1) is 15.3. The van der Waals surface area contributed by atoms with Crippen LogP contribution in [0.1, 0.15) is 37.1 Å². The molecule has 0 saturated heterocycles. The van der Waals surface area contributed by atoms with Crippen LogP contribution < -0.4 is 10.5 Å². The quantitative estimate of drug-likeness (QED) is 0.454. The van der Waals surface area contributed by atoms with E-state index in [-0.39, 0.29) is 10.8 Å². The van der Waals surface area contributed by atoms with Crippen molar-refractivity contribution in [3.05, 3.63) is 59.3 Å². The Kier molecular flexibility index (Phi) is 6.19. The van der Waals surface area contributed by atoms with E-state index in [2.05, 4.69) is 47.2 Å². The zero-order valence-electron chi connectivity index (χ0n) is 18.3. The van der Waals surface area contributed by atoms with Crippen LogP contribution in [0, 0.1) is 0 Å². The highest BCUT2D eigenvalue weighted by Gasteiger charge is 2.26. The van der Waals surface area contributed by atoms with Gasteiger partial charge < -0.3 is 15.2 Å². The topological polar surface area (TPSA) is 108 Å². The van der Waals surface area contributed by atoms with E-state index in [9.17, 15) is 13.2 Å². The second kappa shape index (κ2) is 8.90. The number of primary sulfonamides is 1. The fourth-order valence-electron chi connectivity index (χ4n) is 4.13. The number of nitrogens with two attached hydrogens (primary N) is 1. The molecule has 0 atom stereocenters. The average molecular weight is 453 g/mol. The van der Waals surface area contributed by atoms with Crippen molar-refractivity contribution >= 4 is 44.2 Å². The van der Waals surface area contributed by atoms with Crippen molar-refractivity contribution in [2.24, 2.45) is 5.14 Å². The lowest BCUT2D eigenvalue weighted by atomic mass is 10.1. The number of amides is 1. The molecule has 0 saturated carbocycles. The van der Waals surface area contributed by atoms with Crippen LogP contribution in [-0.2, 0) is 21.2 Å². The number of aromatic amines is 1. The highest BCUT2D eigenvalue weighted by molar-refractivity contribution is 7.89. The monoisotopic (exact) mass is 452 g/mol. The van der Waals surface area contributed by atoms with Gasteiger partial charge in [-0.2, -0.15) is 0 Å². The van der Waals surface area contributed by atoms with Gasteiger partial charge in [-0.3, -0.25) is 4.79 Å². The number of hydrogen-bond acceptors (Lipinski definition) is 4. The molecule has 1 aliphatic heterocycles. The number of carbonyl (C=O) groups excluding carboxylic acids is 1. The lowest BCUT2D eigenvalue weighted by molar-refractivity contribution is -0.110. The van der Waals surface area contributed by atoms with Crippen molar-refractivity contribution in [2.45, 2.75) is 31.6 Å². The Morgan fingerprint density at radius 1 is 1.06 bits per heavy atom. The molecule has 0 radical (unpaired) electrons. The molecule has 2 aromatic carbocycles. The van der Waals surface area contributed by atoms with Crippen molar-refractivity contribution in [1.82, 2.24) is 9.88 Å². The molecule has 0 fully saturated rings. The van der Waals surface area contributed by atoms with Crippen LogP contribution in [0.25, 0.3) is 22.6 Å². The maximum absolute atomic E-state index is 12.5. The molecular weight excluding hydrogens is 424 g/mol. The van der Waals surface area contributed by atoms with E-state index < -0.39 is 10.0 Å². The van der Waals surface area contributed by atoms with Gasteiger partial charge in [-0.05, 0) is 80.5 Å². The number of carbonyl (C=O) groups is 1. The zero-order valence-corrected chi connectivity index (χ0v) is 19.1. The number of benzene rings is 2. The summed E-state index contributed by atoms with van der Waals surface area (Å²) in [4.78, 5) is 18.2. The average Bonchev–Trinajstić information content (AvgIpc) is 3.30. The van der Waals surface area contributed by atoms with Gasteiger partial charge in [0.15, 0.2) is 0 Å². The van der Waals surface area contributed by atoms with Crippen LogP contribution in [0.3, 0.4) is 0 Å². The maximum Gasteiger partial charge on any atom is 0.256 e. The van der Waals surface area contributed by atoms with Gasteiger partial charge in [-0.15, -0.1) is 0 Å². The molecule has 7 nitrogen and oxygen atoms in total. The number of aromatic nitrogens is 1. The summed E-state index contributed by atoms with van der Waals surface area (Å²) in [6.07, 6.45) is 3.87. The molecule has 0 bridgehead atoms. The number of H-pyrrole nitrogens is 1. The normalized spacial score (nSPS) is 15.0. The van der Waals surface area contributed by atoms with E-state index >= 15 is 0 Å². The van der Waals surface area contributed by atoms with Crippen LogP contribution in [0.2, 0.25) is 0 Å². The second-order valence-electron chi connectivity index (χ2n) is 8.04. The van der Waals surface area contributed by atoms with Crippen LogP contribution >= 0.6 is 0 Å².